The lowest BCUT2D eigenvalue weighted by molar-refractivity contribution is -0.113. The Labute approximate surface area is 238 Å². The van der Waals surface area contributed by atoms with Gasteiger partial charge < -0.3 is 20.1 Å². The van der Waals surface area contributed by atoms with Crippen molar-refractivity contribution in [3.8, 4) is 11.5 Å². The van der Waals surface area contributed by atoms with Crippen LogP contribution in [0.3, 0.4) is 0 Å². The van der Waals surface area contributed by atoms with Crippen molar-refractivity contribution in [3.05, 3.63) is 99.8 Å². The summed E-state index contributed by atoms with van der Waals surface area (Å²) < 4.78 is 13.0. The van der Waals surface area contributed by atoms with Gasteiger partial charge in [0, 0.05) is 28.8 Å². The Morgan fingerprint density at radius 2 is 1.80 bits per heavy atom. The van der Waals surface area contributed by atoms with Crippen molar-refractivity contribution in [2.45, 2.75) is 44.6 Å². The molecule has 0 aliphatic carbocycles. The van der Waals surface area contributed by atoms with Crippen LogP contribution in [0.5, 0.6) is 11.5 Å². The highest BCUT2D eigenvalue weighted by Crippen LogP contribution is 2.41. The van der Waals surface area contributed by atoms with E-state index in [9.17, 15) is 4.79 Å². The molecule has 2 N–H and O–H groups in total. The average molecular weight is 556 g/mol. The molecule has 0 radical (unpaired) electrons. The highest BCUT2D eigenvalue weighted by Gasteiger charge is 2.36. The molecule has 40 heavy (non-hydrogen) atoms. The number of hydrogen-bond donors (Lipinski definition) is 2. The molecular weight excluding hydrogens is 522 g/mol. The van der Waals surface area contributed by atoms with Crippen molar-refractivity contribution in [1.29, 1.82) is 0 Å². The number of carbonyl (C=O) groups is 1. The molecular formula is C31H33N5O3S. The standard InChI is InChI=1S/C31H33N5O3S/c1-18-8-7-9-22(15-18)17-40-31-34-30-32-21(4)27(29(37)33-25-13-10-19(2)14-20(25)3)28(36(30)35-31)24-12-11-23(38-5)16-26(24)39-6/h7-16,28H,17H2,1-6H3,(H,33,37)(H,32,34,35)/t28-/m1/s1. The number of nitrogens with one attached hydrogen (secondary N) is 2. The molecule has 3 aromatic carbocycles. The number of thioether (sulfide) groups is 1. The predicted molar refractivity (Wildman–Crippen MR) is 159 cm³/mol. The van der Waals surface area contributed by atoms with Gasteiger partial charge in [-0.15, -0.1) is 5.10 Å². The van der Waals surface area contributed by atoms with E-state index in [0.717, 1.165) is 28.1 Å². The van der Waals surface area contributed by atoms with Gasteiger partial charge in [0.15, 0.2) is 0 Å². The van der Waals surface area contributed by atoms with Crippen LogP contribution in [0.4, 0.5) is 11.6 Å². The zero-order valence-corrected chi connectivity index (χ0v) is 24.3. The number of allylic oxidation sites excluding steroid dienone is 1. The van der Waals surface area contributed by atoms with Crippen molar-refractivity contribution in [2.75, 3.05) is 24.9 Å². The Hall–Kier alpha value is -4.24. The number of nitrogens with zero attached hydrogens (tertiary/aromatic N) is 3. The number of benzene rings is 3. The van der Waals surface area contributed by atoms with E-state index in [4.69, 9.17) is 19.6 Å². The van der Waals surface area contributed by atoms with Crippen LogP contribution in [-0.2, 0) is 10.5 Å². The molecule has 206 valence electrons. The van der Waals surface area contributed by atoms with Gasteiger partial charge >= 0.3 is 0 Å². The van der Waals surface area contributed by atoms with Crippen LogP contribution in [0, 0.1) is 20.8 Å². The number of amides is 1. The number of ether oxygens (including phenoxy) is 2. The molecule has 0 bridgehead atoms. The Morgan fingerprint density at radius 3 is 2.52 bits per heavy atom. The maximum absolute atomic E-state index is 13.9. The van der Waals surface area contributed by atoms with Crippen LogP contribution >= 0.6 is 11.8 Å². The number of methoxy groups -OCH3 is 2. The van der Waals surface area contributed by atoms with E-state index >= 15 is 0 Å². The summed E-state index contributed by atoms with van der Waals surface area (Å²) in [5, 5.41) is 11.9. The topological polar surface area (TPSA) is 90.3 Å². The van der Waals surface area contributed by atoms with Crippen molar-refractivity contribution < 1.29 is 14.3 Å². The number of rotatable bonds is 8. The summed E-state index contributed by atoms with van der Waals surface area (Å²) in [6.45, 7) is 7.98. The van der Waals surface area contributed by atoms with Gasteiger partial charge in [0.2, 0.25) is 11.1 Å². The Bertz CT molecular complexity index is 1610. The Kier molecular flexibility index (Phi) is 7.84. The first kappa shape index (κ1) is 27.3. The van der Waals surface area contributed by atoms with Crippen molar-refractivity contribution in [2.24, 2.45) is 0 Å². The van der Waals surface area contributed by atoms with Gasteiger partial charge in [0.1, 0.15) is 17.5 Å². The molecule has 8 nitrogen and oxygen atoms in total. The zero-order valence-electron chi connectivity index (χ0n) is 23.5. The lowest BCUT2D eigenvalue weighted by Crippen LogP contribution is -2.32. The molecule has 0 saturated carbocycles. The molecule has 1 aliphatic rings. The van der Waals surface area contributed by atoms with E-state index in [1.807, 2.05) is 57.2 Å². The molecule has 5 rings (SSSR count). The third-order valence-corrected chi connectivity index (χ3v) is 7.80. The van der Waals surface area contributed by atoms with E-state index < -0.39 is 6.04 Å². The van der Waals surface area contributed by atoms with Gasteiger partial charge in [-0.25, -0.2) is 4.68 Å². The summed E-state index contributed by atoms with van der Waals surface area (Å²) in [6, 6.07) is 19.4. The maximum Gasteiger partial charge on any atom is 0.255 e. The van der Waals surface area contributed by atoms with Crippen LogP contribution in [0.15, 0.2) is 77.1 Å². The van der Waals surface area contributed by atoms with Crippen LogP contribution < -0.4 is 20.1 Å². The Balaban J connectivity index is 1.55. The molecule has 1 amide bonds. The number of aryl methyl sites for hydroxylation is 3. The van der Waals surface area contributed by atoms with Gasteiger partial charge in [-0.05, 0) is 57.0 Å². The SMILES string of the molecule is COc1ccc([C@@H]2C(C(=O)Nc3ccc(C)cc3C)=C(C)Nc3nc(SCc4cccc(C)c4)nn32)c(OC)c1. The average Bonchev–Trinajstić information content (AvgIpc) is 3.34. The smallest absolute Gasteiger partial charge is 0.255 e. The summed E-state index contributed by atoms with van der Waals surface area (Å²) in [5.41, 5.74) is 7.28. The van der Waals surface area contributed by atoms with Gasteiger partial charge in [-0.1, -0.05) is 59.3 Å². The van der Waals surface area contributed by atoms with Gasteiger partial charge in [-0.3, -0.25) is 4.79 Å². The third kappa shape index (κ3) is 5.56. The molecule has 1 atom stereocenters. The Morgan fingerprint density at radius 1 is 1.00 bits per heavy atom. The minimum atomic E-state index is -0.580. The monoisotopic (exact) mass is 555 g/mol. The van der Waals surface area contributed by atoms with Crippen LogP contribution in [-0.4, -0.2) is 34.9 Å². The number of hydrogen-bond acceptors (Lipinski definition) is 7. The van der Waals surface area contributed by atoms with Crippen LogP contribution in [0.25, 0.3) is 0 Å². The summed E-state index contributed by atoms with van der Waals surface area (Å²) in [7, 11) is 3.22. The van der Waals surface area contributed by atoms with Crippen molar-refractivity contribution >= 4 is 29.3 Å². The fourth-order valence-corrected chi connectivity index (χ4v) is 5.68. The van der Waals surface area contributed by atoms with Crippen LogP contribution in [0.2, 0.25) is 0 Å². The highest BCUT2D eigenvalue weighted by atomic mass is 32.2. The first-order valence-electron chi connectivity index (χ1n) is 13.0. The lowest BCUT2D eigenvalue weighted by Gasteiger charge is -2.29. The van der Waals surface area contributed by atoms with Gasteiger partial charge in [-0.2, -0.15) is 4.98 Å². The second-order valence-electron chi connectivity index (χ2n) is 9.89. The minimum Gasteiger partial charge on any atom is -0.497 e. The first-order valence-corrected chi connectivity index (χ1v) is 14.0. The van der Waals surface area contributed by atoms with E-state index in [1.165, 1.54) is 11.1 Å². The van der Waals surface area contributed by atoms with Crippen molar-refractivity contribution in [3.63, 3.8) is 0 Å². The molecule has 9 heteroatoms. The summed E-state index contributed by atoms with van der Waals surface area (Å²) in [6.07, 6.45) is 0. The third-order valence-electron chi connectivity index (χ3n) is 6.89. The predicted octanol–water partition coefficient (Wildman–Crippen LogP) is 6.44. The second kappa shape index (κ2) is 11.5. The van der Waals surface area contributed by atoms with E-state index in [1.54, 1.807) is 30.7 Å². The molecule has 2 heterocycles. The largest absolute Gasteiger partial charge is 0.497 e. The fraction of sp³-hybridized carbons (Fsp3) is 0.258. The summed E-state index contributed by atoms with van der Waals surface area (Å²) in [4.78, 5) is 18.7. The lowest BCUT2D eigenvalue weighted by atomic mass is 9.94. The number of fused-ring (bicyclic) bond motifs is 1. The normalized spacial score (nSPS) is 14.4. The highest BCUT2D eigenvalue weighted by molar-refractivity contribution is 7.98. The van der Waals surface area contributed by atoms with Crippen molar-refractivity contribution in [1.82, 2.24) is 14.8 Å². The summed E-state index contributed by atoms with van der Waals surface area (Å²) in [5.74, 6) is 2.31. The molecule has 0 spiro atoms. The molecule has 0 fully saturated rings. The maximum atomic E-state index is 13.9. The molecule has 0 unspecified atom stereocenters. The number of anilines is 2. The molecule has 1 aromatic heterocycles. The zero-order chi connectivity index (χ0) is 28.4. The number of aromatic nitrogens is 3. The minimum absolute atomic E-state index is 0.227. The first-order chi connectivity index (χ1) is 19.3. The van der Waals surface area contributed by atoms with E-state index in [0.29, 0.717) is 33.9 Å². The second-order valence-corrected chi connectivity index (χ2v) is 10.8. The van der Waals surface area contributed by atoms with Gasteiger partial charge in [0.05, 0.1) is 19.8 Å². The van der Waals surface area contributed by atoms with Crippen LogP contribution in [0.1, 0.15) is 40.8 Å². The molecule has 1 aliphatic heterocycles. The fourth-order valence-electron chi connectivity index (χ4n) is 4.91. The number of carbonyl (C=O) groups excluding carboxylic acids is 1. The molecule has 4 aromatic rings. The molecule has 0 saturated heterocycles. The summed E-state index contributed by atoms with van der Waals surface area (Å²) >= 11 is 1.55. The van der Waals surface area contributed by atoms with E-state index in [2.05, 4.69) is 41.8 Å². The quantitative estimate of drug-likeness (QED) is 0.242. The van der Waals surface area contributed by atoms with Gasteiger partial charge in [0.25, 0.3) is 5.91 Å². The van der Waals surface area contributed by atoms with E-state index in [-0.39, 0.29) is 5.91 Å².